The van der Waals surface area contributed by atoms with Crippen molar-refractivity contribution in [1.29, 1.82) is 0 Å². The van der Waals surface area contributed by atoms with Gasteiger partial charge in [-0.15, -0.1) is 0 Å². The first-order valence-electron chi connectivity index (χ1n) is 9.82. The molecule has 0 atom stereocenters. The number of ether oxygens (including phenoxy) is 1. The maximum Gasteiger partial charge on any atom is 0.251 e. The monoisotopic (exact) mass is 403 g/mol. The largest absolute Gasteiger partial charge is 0.489 e. The number of hydrogen-bond acceptors (Lipinski definition) is 4. The Kier molecular flexibility index (Phi) is 7.55. The van der Waals surface area contributed by atoms with E-state index in [4.69, 9.17) is 4.74 Å². The van der Waals surface area contributed by atoms with Gasteiger partial charge < -0.3 is 15.4 Å². The summed E-state index contributed by atoms with van der Waals surface area (Å²) >= 11 is 0. The van der Waals surface area contributed by atoms with Crippen molar-refractivity contribution in [2.75, 3.05) is 6.54 Å². The Morgan fingerprint density at radius 1 is 0.967 bits per heavy atom. The molecule has 0 saturated carbocycles. The van der Waals surface area contributed by atoms with E-state index in [0.29, 0.717) is 24.5 Å². The second-order valence-electron chi connectivity index (χ2n) is 6.95. The van der Waals surface area contributed by atoms with Crippen LogP contribution in [0.3, 0.4) is 0 Å². The molecule has 2 aromatic carbocycles. The molecule has 6 heteroatoms. The highest BCUT2D eigenvalue weighted by atomic mass is 16.5. The molecule has 1 aromatic heterocycles. The molecule has 2 amide bonds. The van der Waals surface area contributed by atoms with Crippen molar-refractivity contribution in [2.24, 2.45) is 0 Å². The second-order valence-corrected chi connectivity index (χ2v) is 6.95. The van der Waals surface area contributed by atoms with E-state index in [2.05, 4.69) is 21.7 Å². The molecular weight excluding hydrogens is 378 g/mol. The number of carbonyl (C=O) groups is 2. The maximum atomic E-state index is 12.4. The lowest BCUT2D eigenvalue weighted by atomic mass is 10.1. The average molecular weight is 403 g/mol. The second kappa shape index (κ2) is 10.8. The molecule has 6 nitrogen and oxygen atoms in total. The van der Waals surface area contributed by atoms with Crippen LogP contribution < -0.4 is 15.4 Å². The van der Waals surface area contributed by atoms with Crippen LogP contribution >= 0.6 is 0 Å². The first-order valence-corrected chi connectivity index (χ1v) is 9.82. The van der Waals surface area contributed by atoms with Gasteiger partial charge in [0.15, 0.2) is 0 Å². The van der Waals surface area contributed by atoms with Gasteiger partial charge >= 0.3 is 0 Å². The van der Waals surface area contributed by atoms with Crippen LogP contribution in [0, 0.1) is 6.92 Å². The lowest BCUT2D eigenvalue weighted by Crippen LogP contribution is -2.30. The summed E-state index contributed by atoms with van der Waals surface area (Å²) in [5.74, 6) is 0.254. The van der Waals surface area contributed by atoms with Crippen LogP contribution in [-0.2, 0) is 17.9 Å². The molecule has 0 aliphatic heterocycles. The number of rotatable bonds is 9. The lowest BCUT2D eigenvalue weighted by Gasteiger charge is -2.10. The Morgan fingerprint density at radius 3 is 2.60 bits per heavy atom. The van der Waals surface area contributed by atoms with Crippen LogP contribution in [0.15, 0.2) is 73.1 Å². The molecule has 0 fully saturated rings. The molecule has 0 bridgehead atoms. The van der Waals surface area contributed by atoms with Gasteiger partial charge in [-0.05, 0) is 42.3 Å². The van der Waals surface area contributed by atoms with Gasteiger partial charge in [-0.3, -0.25) is 14.6 Å². The Labute approximate surface area is 176 Å². The fourth-order valence-electron chi connectivity index (χ4n) is 2.88. The van der Waals surface area contributed by atoms with E-state index in [1.165, 1.54) is 5.56 Å². The van der Waals surface area contributed by atoms with Crippen molar-refractivity contribution in [3.8, 4) is 5.75 Å². The summed E-state index contributed by atoms with van der Waals surface area (Å²) in [6, 6.07) is 18.8. The number of nitrogens with one attached hydrogen (secondary N) is 2. The molecule has 30 heavy (non-hydrogen) atoms. The highest BCUT2D eigenvalue weighted by Crippen LogP contribution is 2.16. The molecule has 154 valence electrons. The van der Waals surface area contributed by atoms with E-state index in [-0.39, 0.29) is 24.8 Å². The Hall–Kier alpha value is -3.67. The Bertz CT molecular complexity index is 990. The molecule has 3 aromatic rings. The highest BCUT2D eigenvalue weighted by Gasteiger charge is 2.08. The van der Waals surface area contributed by atoms with Gasteiger partial charge in [0.25, 0.3) is 5.91 Å². The highest BCUT2D eigenvalue weighted by molar-refractivity contribution is 5.94. The zero-order valence-corrected chi connectivity index (χ0v) is 16.9. The molecule has 0 unspecified atom stereocenters. The standard InChI is InChI=1S/C24H25N3O3/c1-18-5-2-6-19(13-18)17-30-22-9-3-8-21(14-22)24(29)26-12-10-23(28)27-16-20-7-4-11-25-15-20/h2-9,11,13-15H,10,12,16-17H2,1H3,(H,26,29)(H,27,28). The fraction of sp³-hybridized carbons (Fsp3) is 0.208. The van der Waals surface area contributed by atoms with Gasteiger partial charge in [0.2, 0.25) is 5.91 Å². The number of hydrogen-bond donors (Lipinski definition) is 2. The van der Waals surface area contributed by atoms with Gasteiger partial charge in [-0.1, -0.05) is 42.0 Å². The zero-order valence-electron chi connectivity index (χ0n) is 16.9. The van der Waals surface area contributed by atoms with E-state index in [1.807, 2.05) is 43.3 Å². The normalized spacial score (nSPS) is 10.3. The average Bonchev–Trinajstić information content (AvgIpc) is 2.77. The third kappa shape index (κ3) is 6.74. The number of nitrogens with zero attached hydrogens (tertiary/aromatic N) is 1. The summed E-state index contributed by atoms with van der Waals surface area (Å²) in [6.07, 6.45) is 3.59. The van der Waals surface area contributed by atoms with Crippen LogP contribution in [-0.4, -0.2) is 23.3 Å². The Balaban J connectivity index is 1.42. The summed E-state index contributed by atoms with van der Waals surface area (Å²) in [4.78, 5) is 28.3. The van der Waals surface area contributed by atoms with Crippen LogP contribution in [0.5, 0.6) is 5.75 Å². The van der Waals surface area contributed by atoms with Gasteiger partial charge in [-0.25, -0.2) is 0 Å². The summed E-state index contributed by atoms with van der Waals surface area (Å²) in [5.41, 5.74) is 3.67. The number of aryl methyl sites for hydroxylation is 1. The number of amides is 2. The third-order valence-electron chi connectivity index (χ3n) is 4.43. The van der Waals surface area contributed by atoms with Crippen molar-refractivity contribution in [3.05, 3.63) is 95.3 Å². The van der Waals surface area contributed by atoms with Gasteiger partial charge in [-0.2, -0.15) is 0 Å². The molecule has 0 aliphatic rings. The van der Waals surface area contributed by atoms with E-state index < -0.39 is 0 Å². The van der Waals surface area contributed by atoms with E-state index >= 15 is 0 Å². The molecule has 2 N–H and O–H groups in total. The minimum atomic E-state index is -0.240. The predicted octanol–water partition coefficient (Wildman–Crippen LogP) is 3.41. The molecule has 0 radical (unpaired) electrons. The first-order chi connectivity index (χ1) is 14.6. The fourth-order valence-corrected chi connectivity index (χ4v) is 2.88. The molecule has 0 saturated heterocycles. The third-order valence-corrected chi connectivity index (χ3v) is 4.43. The zero-order chi connectivity index (χ0) is 21.2. The van der Waals surface area contributed by atoms with E-state index in [9.17, 15) is 9.59 Å². The van der Waals surface area contributed by atoms with Crippen molar-refractivity contribution in [2.45, 2.75) is 26.5 Å². The topological polar surface area (TPSA) is 80.3 Å². The number of benzene rings is 2. The Morgan fingerprint density at radius 2 is 1.80 bits per heavy atom. The minimum Gasteiger partial charge on any atom is -0.489 e. The van der Waals surface area contributed by atoms with Crippen molar-refractivity contribution in [3.63, 3.8) is 0 Å². The smallest absolute Gasteiger partial charge is 0.251 e. The summed E-state index contributed by atoms with van der Waals surface area (Å²) in [5, 5.41) is 5.58. The molecule has 0 spiro atoms. The number of aromatic nitrogens is 1. The quantitative estimate of drug-likeness (QED) is 0.574. The van der Waals surface area contributed by atoms with Crippen LogP contribution in [0.1, 0.15) is 33.5 Å². The van der Waals surface area contributed by atoms with E-state index in [0.717, 1.165) is 11.1 Å². The predicted molar refractivity (Wildman–Crippen MR) is 115 cm³/mol. The summed E-state index contributed by atoms with van der Waals surface area (Å²) < 4.78 is 5.81. The van der Waals surface area contributed by atoms with Crippen molar-refractivity contribution < 1.29 is 14.3 Å². The summed E-state index contributed by atoms with van der Waals surface area (Å²) in [6.45, 7) is 3.14. The van der Waals surface area contributed by atoms with Gasteiger partial charge in [0.1, 0.15) is 12.4 Å². The molecular formula is C24H25N3O3. The minimum absolute atomic E-state index is 0.130. The first kappa shape index (κ1) is 21.0. The van der Waals surface area contributed by atoms with Crippen LogP contribution in [0.4, 0.5) is 0 Å². The van der Waals surface area contributed by atoms with Crippen LogP contribution in [0.25, 0.3) is 0 Å². The van der Waals surface area contributed by atoms with Crippen LogP contribution in [0.2, 0.25) is 0 Å². The summed E-state index contributed by atoms with van der Waals surface area (Å²) in [7, 11) is 0. The SMILES string of the molecule is Cc1cccc(COc2cccc(C(=O)NCCC(=O)NCc3cccnc3)c2)c1. The lowest BCUT2D eigenvalue weighted by molar-refractivity contribution is -0.121. The molecule has 3 rings (SSSR count). The molecule has 1 heterocycles. The number of pyridine rings is 1. The van der Waals surface area contributed by atoms with Gasteiger partial charge in [0, 0.05) is 37.5 Å². The van der Waals surface area contributed by atoms with Gasteiger partial charge in [0.05, 0.1) is 0 Å². The van der Waals surface area contributed by atoms with Crippen molar-refractivity contribution in [1.82, 2.24) is 15.6 Å². The van der Waals surface area contributed by atoms with Crippen molar-refractivity contribution >= 4 is 11.8 Å². The molecule has 0 aliphatic carbocycles. The maximum absolute atomic E-state index is 12.4. The number of carbonyl (C=O) groups excluding carboxylic acids is 2. The van der Waals surface area contributed by atoms with E-state index in [1.54, 1.807) is 30.6 Å².